The molecule has 0 aromatic heterocycles. The number of sulfonamides is 1. The van der Waals surface area contributed by atoms with Gasteiger partial charge < -0.3 is 19.9 Å². The van der Waals surface area contributed by atoms with Crippen molar-refractivity contribution in [1.82, 2.24) is 9.62 Å². The summed E-state index contributed by atoms with van der Waals surface area (Å²) in [4.78, 5) is 23.6. The van der Waals surface area contributed by atoms with Crippen LogP contribution in [-0.2, 0) is 32.6 Å². The molecule has 1 atom stereocenters. The maximum Gasteiger partial charge on any atom is 0.305 e. The Hall–Kier alpha value is -3.11. The number of ether oxygens (including phenoxy) is 2. The molecular weight excluding hydrogens is 424 g/mol. The van der Waals surface area contributed by atoms with Crippen molar-refractivity contribution < 1.29 is 32.6 Å². The molecule has 10 heteroatoms. The SMILES string of the molecule is COc1ccc(S(=O)(=O)N2Cc3ccccc3C[C@H]2C(=O)NCCC(=O)O)cc1OC. The second-order valence-corrected chi connectivity index (χ2v) is 8.88. The Balaban J connectivity index is 1.98. The van der Waals surface area contributed by atoms with Crippen molar-refractivity contribution in [1.29, 1.82) is 0 Å². The number of nitrogens with zero attached hydrogens (tertiary/aromatic N) is 1. The Morgan fingerprint density at radius 1 is 1.10 bits per heavy atom. The minimum Gasteiger partial charge on any atom is -0.493 e. The van der Waals surface area contributed by atoms with E-state index in [1.807, 2.05) is 24.3 Å². The Morgan fingerprint density at radius 2 is 1.77 bits per heavy atom. The van der Waals surface area contributed by atoms with E-state index < -0.39 is 27.9 Å². The summed E-state index contributed by atoms with van der Waals surface area (Å²) in [5, 5.41) is 11.3. The van der Waals surface area contributed by atoms with Crippen LogP contribution in [0.3, 0.4) is 0 Å². The molecule has 0 radical (unpaired) electrons. The highest BCUT2D eigenvalue weighted by Gasteiger charge is 2.39. The lowest BCUT2D eigenvalue weighted by Gasteiger charge is -2.35. The molecule has 31 heavy (non-hydrogen) atoms. The van der Waals surface area contributed by atoms with Crippen molar-refractivity contribution in [3.63, 3.8) is 0 Å². The van der Waals surface area contributed by atoms with Crippen molar-refractivity contribution in [2.45, 2.75) is 30.3 Å². The Labute approximate surface area is 180 Å². The van der Waals surface area contributed by atoms with E-state index in [-0.39, 0.29) is 36.6 Å². The number of carbonyl (C=O) groups is 2. The fraction of sp³-hybridized carbons (Fsp3) is 0.333. The quantitative estimate of drug-likeness (QED) is 0.626. The molecule has 1 amide bonds. The van der Waals surface area contributed by atoms with Crippen molar-refractivity contribution in [2.24, 2.45) is 0 Å². The number of fused-ring (bicyclic) bond motifs is 1. The standard InChI is InChI=1S/C21H24N2O7S/c1-29-18-8-7-16(12-19(18)30-2)31(27,28)23-13-15-6-4-3-5-14(15)11-17(23)21(26)22-10-9-20(24)25/h3-8,12,17H,9-11,13H2,1-2H3,(H,22,26)(H,24,25)/t17-/m0/s1. The Bertz CT molecular complexity index is 1080. The molecule has 0 spiro atoms. The zero-order chi connectivity index (χ0) is 22.6. The minimum absolute atomic E-state index is 0.0177. The number of rotatable bonds is 8. The van der Waals surface area contributed by atoms with Crippen LogP contribution in [0.15, 0.2) is 47.4 Å². The predicted molar refractivity (Wildman–Crippen MR) is 111 cm³/mol. The fourth-order valence-electron chi connectivity index (χ4n) is 3.50. The molecule has 3 rings (SSSR count). The van der Waals surface area contributed by atoms with Crippen LogP contribution in [0.25, 0.3) is 0 Å². The van der Waals surface area contributed by atoms with Crippen LogP contribution in [0.4, 0.5) is 0 Å². The fourth-order valence-corrected chi connectivity index (χ4v) is 5.08. The van der Waals surface area contributed by atoms with E-state index in [1.165, 1.54) is 32.4 Å². The topological polar surface area (TPSA) is 122 Å². The third kappa shape index (κ3) is 4.80. The lowest BCUT2D eigenvalue weighted by atomic mass is 9.95. The van der Waals surface area contributed by atoms with E-state index in [0.29, 0.717) is 5.75 Å². The number of hydrogen-bond acceptors (Lipinski definition) is 6. The second kappa shape index (κ2) is 9.36. The number of hydrogen-bond donors (Lipinski definition) is 2. The highest BCUT2D eigenvalue weighted by molar-refractivity contribution is 7.89. The van der Waals surface area contributed by atoms with Gasteiger partial charge in [0.1, 0.15) is 6.04 Å². The highest BCUT2D eigenvalue weighted by Crippen LogP contribution is 2.34. The maximum atomic E-state index is 13.5. The Morgan fingerprint density at radius 3 is 2.42 bits per heavy atom. The predicted octanol–water partition coefficient (Wildman–Crippen LogP) is 1.41. The van der Waals surface area contributed by atoms with Gasteiger partial charge in [-0.25, -0.2) is 8.42 Å². The van der Waals surface area contributed by atoms with Gasteiger partial charge in [-0.3, -0.25) is 9.59 Å². The summed E-state index contributed by atoms with van der Waals surface area (Å²) in [6, 6.07) is 10.6. The molecule has 1 heterocycles. The van der Waals surface area contributed by atoms with Crippen molar-refractivity contribution in [3.05, 3.63) is 53.6 Å². The normalized spacial score (nSPS) is 16.3. The van der Waals surface area contributed by atoms with Gasteiger partial charge in [-0.1, -0.05) is 24.3 Å². The van der Waals surface area contributed by atoms with Gasteiger partial charge in [0.15, 0.2) is 11.5 Å². The molecule has 2 N–H and O–H groups in total. The zero-order valence-corrected chi connectivity index (χ0v) is 18.0. The molecule has 9 nitrogen and oxygen atoms in total. The van der Waals surface area contributed by atoms with Crippen LogP contribution in [0.1, 0.15) is 17.5 Å². The molecule has 0 saturated heterocycles. The van der Waals surface area contributed by atoms with E-state index in [4.69, 9.17) is 14.6 Å². The molecule has 0 aliphatic carbocycles. The number of carbonyl (C=O) groups excluding carboxylic acids is 1. The van der Waals surface area contributed by atoms with Crippen LogP contribution in [-0.4, -0.2) is 56.5 Å². The number of benzene rings is 2. The number of carboxylic acids is 1. The van der Waals surface area contributed by atoms with Gasteiger partial charge in [0.05, 0.1) is 25.5 Å². The summed E-state index contributed by atoms with van der Waals surface area (Å²) in [5.74, 6) is -0.958. The lowest BCUT2D eigenvalue weighted by molar-refractivity contribution is -0.137. The maximum absolute atomic E-state index is 13.5. The molecule has 1 aliphatic heterocycles. The summed E-state index contributed by atoms with van der Waals surface area (Å²) in [6.45, 7) is -0.0690. The highest BCUT2D eigenvalue weighted by atomic mass is 32.2. The molecule has 2 aromatic rings. The van der Waals surface area contributed by atoms with Gasteiger partial charge >= 0.3 is 5.97 Å². The van der Waals surface area contributed by atoms with Gasteiger partial charge in [0.2, 0.25) is 15.9 Å². The second-order valence-electron chi connectivity index (χ2n) is 6.99. The van der Waals surface area contributed by atoms with E-state index in [0.717, 1.165) is 15.4 Å². The van der Waals surface area contributed by atoms with Crippen LogP contribution >= 0.6 is 0 Å². The number of nitrogens with one attached hydrogen (secondary N) is 1. The van der Waals surface area contributed by atoms with E-state index in [9.17, 15) is 18.0 Å². The molecule has 0 bridgehead atoms. The summed E-state index contributed by atoms with van der Waals surface area (Å²) in [5.41, 5.74) is 1.68. The van der Waals surface area contributed by atoms with E-state index in [2.05, 4.69) is 5.32 Å². The summed E-state index contributed by atoms with van der Waals surface area (Å²) < 4.78 is 38.6. The van der Waals surface area contributed by atoms with Crippen LogP contribution in [0.2, 0.25) is 0 Å². The smallest absolute Gasteiger partial charge is 0.305 e. The molecule has 2 aromatic carbocycles. The molecule has 0 saturated carbocycles. The molecule has 1 aliphatic rings. The van der Waals surface area contributed by atoms with Crippen LogP contribution < -0.4 is 14.8 Å². The van der Waals surface area contributed by atoms with Crippen molar-refractivity contribution in [3.8, 4) is 11.5 Å². The molecule has 166 valence electrons. The first-order chi connectivity index (χ1) is 14.8. The summed E-state index contributed by atoms with van der Waals surface area (Å²) in [6.07, 6.45) is -0.0704. The van der Waals surface area contributed by atoms with Gasteiger partial charge in [0, 0.05) is 19.2 Å². The first-order valence-electron chi connectivity index (χ1n) is 9.58. The van der Waals surface area contributed by atoms with Crippen LogP contribution in [0, 0.1) is 0 Å². The van der Waals surface area contributed by atoms with E-state index in [1.54, 1.807) is 0 Å². The van der Waals surface area contributed by atoms with Crippen molar-refractivity contribution >= 4 is 21.9 Å². The average Bonchev–Trinajstić information content (AvgIpc) is 2.77. The van der Waals surface area contributed by atoms with Crippen molar-refractivity contribution in [2.75, 3.05) is 20.8 Å². The van der Waals surface area contributed by atoms with Crippen LogP contribution in [0.5, 0.6) is 11.5 Å². The first kappa shape index (κ1) is 22.6. The summed E-state index contributed by atoms with van der Waals surface area (Å²) >= 11 is 0. The monoisotopic (exact) mass is 448 g/mol. The zero-order valence-electron chi connectivity index (χ0n) is 17.2. The van der Waals surface area contributed by atoms with E-state index >= 15 is 0 Å². The first-order valence-corrected chi connectivity index (χ1v) is 11.0. The largest absolute Gasteiger partial charge is 0.493 e. The molecule has 0 fully saturated rings. The van der Waals surface area contributed by atoms with Gasteiger partial charge in [-0.15, -0.1) is 0 Å². The minimum atomic E-state index is -4.08. The molecule has 0 unspecified atom stereocenters. The van der Waals surface area contributed by atoms with Gasteiger partial charge in [0.25, 0.3) is 0 Å². The number of aliphatic carboxylic acids is 1. The molecular formula is C21H24N2O7S. The third-order valence-electron chi connectivity index (χ3n) is 5.11. The summed E-state index contributed by atoms with van der Waals surface area (Å²) in [7, 11) is -1.22. The number of carboxylic acid groups (broad SMARTS) is 1. The third-order valence-corrected chi connectivity index (χ3v) is 6.96. The average molecular weight is 448 g/mol. The van der Waals surface area contributed by atoms with Gasteiger partial charge in [-0.05, 0) is 29.7 Å². The number of amides is 1. The lowest BCUT2D eigenvalue weighted by Crippen LogP contribution is -2.52. The van der Waals surface area contributed by atoms with Gasteiger partial charge in [-0.2, -0.15) is 4.31 Å². The number of methoxy groups -OCH3 is 2. The Kier molecular flexibility index (Phi) is 6.81.